The summed E-state index contributed by atoms with van der Waals surface area (Å²) in [6, 6.07) is 9.32. The third-order valence-electron chi connectivity index (χ3n) is 4.01. The van der Waals surface area contributed by atoms with Gasteiger partial charge >= 0.3 is 5.97 Å². The summed E-state index contributed by atoms with van der Waals surface area (Å²) in [5.74, 6) is -0.0333. The highest BCUT2D eigenvalue weighted by Gasteiger charge is 2.14. The Balaban J connectivity index is 1.80. The topological polar surface area (TPSA) is 115 Å². The lowest BCUT2D eigenvalue weighted by Gasteiger charge is -2.07. The van der Waals surface area contributed by atoms with E-state index in [0.717, 1.165) is 6.42 Å². The molecule has 0 fully saturated rings. The van der Waals surface area contributed by atoms with Crippen molar-refractivity contribution in [2.24, 2.45) is 5.92 Å². The minimum atomic E-state index is -3.69. The van der Waals surface area contributed by atoms with Crippen LogP contribution in [-0.2, 0) is 30.9 Å². The van der Waals surface area contributed by atoms with Gasteiger partial charge in [-0.05, 0) is 48.2 Å². The van der Waals surface area contributed by atoms with Gasteiger partial charge in [-0.1, -0.05) is 26.0 Å². The SMILES string of the molecule is CC(C)CCNC(=O)COC(=O)/C=C/c1ccc(S(=O)(=O)NCc2ccco2)cc1. The van der Waals surface area contributed by atoms with Crippen LogP contribution in [0.25, 0.3) is 6.08 Å². The van der Waals surface area contributed by atoms with Crippen LogP contribution in [0.5, 0.6) is 0 Å². The van der Waals surface area contributed by atoms with Crippen LogP contribution in [0.1, 0.15) is 31.6 Å². The predicted octanol–water partition coefficient (Wildman–Crippen LogP) is 2.48. The Morgan fingerprint density at radius 1 is 1.17 bits per heavy atom. The molecule has 0 saturated carbocycles. The van der Waals surface area contributed by atoms with Crippen LogP contribution in [0.4, 0.5) is 0 Å². The number of benzene rings is 1. The highest BCUT2D eigenvalue weighted by atomic mass is 32.2. The molecule has 2 aromatic rings. The van der Waals surface area contributed by atoms with Gasteiger partial charge in [-0.3, -0.25) is 4.79 Å². The lowest BCUT2D eigenvalue weighted by atomic mass is 10.1. The van der Waals surface area contributed by atoms with E-state index in [2.05, 4.69) is 23.9 Å². The van der Waals surface area contributed by atoms with Crippen LogP contribution in [0.3, 0.4) is 0 Å². The fraction of sp³-hybridized carbons (Fsp3) is 0.333. The van der Waals surface area contributed by atoms with Gasteiger partial charge in [0.05, 0.1) is 17.7 Å². The largest absolute Gasteiger partial charge is 0.468 e. The molecule has 162 valence electrons. The summed E-state index contributed by atoms with van der Waals surface area (Å²) in [6.45, 7) is 4.34. The Kier molecular flexibility index (Phi) is 8.82. The number of hydrogen-bond acceptors (Lipinski definition) is 6. The maximum absolute atomic E-state index is 12.3. The number of sulfonamides is 1. The van der Waals surface area contributed by atoms with E-state index in [9.17, 15) is 18.0 Å². The molecule has 0 radical (unpaired) electrons. The highest BCUT2D eigenvalue weighted by molar-refractivity contribution is 7.89. The molecule has 0 saturated heterocycles. The summed E-state index contributed by atoms with van der Waals surface area (Å²) >= 11 is 0. The van der Waals surface area contributed by atoms with Crippen LogP contribution in [-0.4, -0.2) is 33.4 Å². The number of rotatable bonds is 11. The van der Waals surface area contributed by atoms with E-state index in [0.29, 0.717) is 23.8 Å². The molecule has 1 heterocycles. The van der Waals surface area contributed by atoms with Crippen molar-refractivity contribution in [1.82, 2.24) is 10.0 Å². The molecular formula is C21H26N2O6S. The van der Waals surface area contributed by atoms with Crippen molar-refractivity contribution in [3.8, 4) is 0 Å². The van der Waals surface area contributed by atoms with Crippen LogP contribution in [0, 0.1) is 5.92 Å². The Morgan fingerprint density at radius 3 is 2.53 bits per heavy atom. The molecule has 0 aliphatic carbocycles. The van der Waals surface area contributed by atoms with Crippen molar-refractivity contribution in [3.05, 3.63) is 60.1 Å². The number of esters is 1. The van der Waals surface area contributed by atoms with E-state index >= 15 is 0 Å². The van der Waals surface area contributed by atoms with E-state index in [-0.39, 0.29) is 24.0 Å². The van der Waals surface area contributed by atoms with Crippen LogP contribution in [0.15, 0.2) is 58.1 Å². The molecular weight excluding hydrogens is 408 g/mol. The van der Waals surface area contributed by atoms with Gasteiger partial charge in [0, 0.05) is 12.6 Å². The number of hydrogen-bond donors (Lipinski definition) is 2. The van der Waals surface area contributed by atoms with Gasteiger partial charge in [0.15, 0.2) is 6.61 Å². The highest BCUT2D eigenvalue weighted by Crippen LogP contribution is 2.12. The van der Waals surface area contributed by atoms with Gasteiger partial charge in [-0.15, -0.1) is 0 Å². The van der Waals surface area contributed by atoms with E-state index in [1.165, 1.54) is 30.5 Å². The fourth-order valence-electron chi connectivity index (χ4n) is 2.32. The number of nitrogens with one attached hydrogen (secondary N) is 2. The van der Waals surface area contributed by atoms with Crippen molar-refractivity contribution in [3.63, 3.8) is 0 Å². The Hall–Kier alpha value is -2.91. The Labute approximate surface area is 176 Å². The van der Waals surface area contributed by atoms with E-state index in [4.69, 9.17) is 9.15 Å². The summed E-state index contributed by atoms with van der Waals surface area (Å²) in [7, 11) is -3.69. The van der Waals surface area contributed by atoms with Gasteiger partial charge in [0.2, 0.25) is 10.0 Å². The third-order valence-corrected chi connectivity index (χ3v) is 5.43. The first-order valence-corrected chi connectivity index (χ1v) is 11.0. The van der Waals surface area contributed by atoms with Gasteiger partial charge in [0.1, 0.15) is 5.76 Å². The summed E-state index contributed by atoms with van der Waals surface area (Å²) in [5.41, 5.74) is 0.610. The smallest absolute Gasteiger partial charge is 0.331 e. The first-order chi connectivity index (χ1) is 14.3. The average molecular weight is 435 g/mol. The van der Waals surface area contributed by atoms with E-state index < -0.39 is 16.0 Å². The number of ether oxygens (including phenoxy) is 1. The molecule has 0 spiro atoms. The molecule has 1 aromatic carbocycles. The quantitative estimate of drug-likeness (QED) is 0.415. The molecule has 0 unspecified atom stereocenters. The summed E-state index contributed by atoms with van der Waals surface area (Å²) < 4.78 is 37.0. The molecule has 0 aliphatic heterocycles. The molecule has 0 aliphatic rings. The molecule has 2 N–H and O–H groups in total. The van der Waals surface area contributed by atoms with Crippen LogP contribution >= 0.6 is 0 Å². The van der Waals surface area contributed by atoms with Gasteiger partial charge in [0.25, 0.3) is 5.91 Å². The minimum Gasteiger partial charge on any atom is -0.468 e. The Bertz CT molecular complexity index is 948. The van der Waals surface area contributed by atoms with Gasteiger partial charge < -0.3 is 14.5 Å². The monoisotopic (exact) mass is 434 g/mol. The zero-order valence-corrected chi connectivity index (χ0v) is 17.8. The van der Waals surface area contributed by atoms with E-state index in [1.807, 2.05) is 0 Å². The lowest BCUT2D eigenvalue weighted by molar-refractivity contribution is -0.143. The van der Waals surface area contributed by atoms with Crippen molar-refractivity contribution < 1.29 is 27.2 Å². The maximum Gasteiger partial charge on any atom is 0.331 e. The lowest BCUT2D eigenvalue weighted by Crippen LogP contribution is -2.29. The van der Waals surface area contributed by atoms with Gasteiger partial charge in [-0.2, -0.15) is 0 Å². The molecule has 1 amide bonds. The first kappa shape index (κ1) is 23.4. The molecule has 9 heteroatoms. The van der Waals surface area contributed by atoms with Gasteiger partial charge in [-0.25, -0.2) is 17.9 Å². The summed E-state index contributed by atoms with van der Waals surface area (Å²) in [5, 5.41) is 2.67. The molecule has 8 nitrogen and oxygen atoms in total. The predicted molar refractivity (Wildman–Crippen MR) is 112 cm³/mol. The van der Waals surface area contributed by atoms with Crippen molar-refractivity contribution in [2.45, 2.75) is 31.7 Å². The second-order valence-corrected chi connectivity index (χ2v) is 8.71. The molecule has 2 rings (SSSR count). The molecule has 30 heavy (non-hydrogen) atoms. The number of carbonyl (C=O) groups is 2. The zero-order valence-electron chi connectivity index (χ0n) is 17.0. The summed E-state index contributed by atoms with van der Waals surface area (Å²) in [4.78, 5) is 23.4. The maximum atomic E-state index is 12.3. The van der Waals surface area contributed by atoms with Crippen LogP contribution in [0.2, 0.25) is 0 Å². The van der Waals surface area contributed by atoms with Crippen molar-refractivity contribution >= 4 is 28.0 Å². The second kappa shape index (κ2) is 11.3. The third kappa shape index (κ3) is 8.22. The molecule has 0 atom stereocenters. The van der Waals surface area contributed by atoms with Crippen molar-refractivity contribution in [2.75, 3.05) is 13.2 Å². The zero-order chi connectivity index (χ0) is 22.0. The van der Waals surface area contributed by atoms with Crippen LogP contribution < -0.4 is 10.0 Å². The van der Waals surface area contributed by atoms with E-state index in [1.54, 1.807) is 24.3 Å². The standard InChI is InChI=1S/C21H26N2O6S/c1-16(2)11-12-22-20(24)15-29-21(25)10-7-17-5-8-19(9-6-17)30(26,27)23-14-18-4-3-13-28-18/h3-10,13,16,23H,11-12,14-15H2,1-2H3,(H,22,24)/b10-7+. The van der Waals surface area contributed by atoms with Crippen molar-refractivity contribution in [1.29, 1.82) is 0 Å². The average Bonchev–Trinajstić information content (AvgIpc) is 3.23. The molecule has 0 bridgehead atoms. The number of furan rings is 1. The second-order valence-electron chi connectivity index (χ2n) is 6.95. The Morgan fingerprint density at radius 2 is 1.90 bits per heavy atom. The normalized spacial score (nSPS) is 11.7. The first-order valence-electron chi connectivity index (χ1n) is 9.50. The number of carbonyl (C=O) groups excluding carboxylic acids is 2. The molecule has 1 aromatic heterocycles. The fourth-order valence-corrected chi connectivity index (χ4v) is 3.31. The minimum absolute atomic E-state index is 0.0495. The number of amides is 1. The summed E-state index contributed by atoms with van der Waals surface area (Å²) in [6.07, 6.45) is 4.98.